The highest BCUT2D eigenvalue weighted by molar-refractivity contribution is 6.03. The molecule has 5 nitrogen and oxygen atoms in total. The normalized spacial score (nSPS) is 14.5. The first-order chi connectivity index (χ1) is 17.5. The largest absolute Gasteiger partial charge is 0.478 e. The highest BCUT2D eigenvalue weighted by atomic mass is 19.1. The van der Waals surface area contributed by atoms with Crippen LogP contribution < -0.4 is 0 Å². The molecule has 1 fully saturated rings. The van der Waals surface area contributed by atoms with Gasteiger partial charge in [-0.3, -0.25) is 5.10 Å². The van der Waals surface area contributed by atoms with Gasteiger partial charge in [0.2, 0.25) is 0 Å². The Bertz CT molecular complexity index is 1570. The number of nitrogens with one attached hydrogen (secondary N) is 1. The quantitative estimate of drug-likeness (QED) is 0.173. The molecule has 0 saturated heterocycles. The standard InChI is InChI=1S/C29H21F2N3O2/c1-32-25-15-20(30)10-11-21(25)27(18-3-2-4-18)28(19-8-5-17(6-9-19)7-14-26(35)36)22-12-13-24-23(29(22)31)16-33-34-24/h5-16,18H,2-4H2,(H,33,34)(H,35,36)/b14-7+,28-27+. The number of carboxylic acids is 1. The molecule has 4 aromatic rings. The minimum Gasteiger partial charge on any atom is -0.478 e. The number of fused-ring (bicyclic) bond motifs is 1. The van der Waals surface area contributed by atoms with Crippen molar-refractivity contribution in [1.82, 2.24) is 10.2 Å². The number of halogens is 2. The highest BCUT2D eigenvalue weighted by Crippen LogP contribution is 2.48. The van der Waals surface area contributed by atoms with Crippen molar-refractivity contribution in [3.63, 3.8) is 0 Å². The fourth-order valence-electron chi connectivity index (χ4n) is 4.64. The van der Waals surface area contributed by atoms with Crippen LogP contribution in [0.15, 0.2) is 66.9 Å². The van der Waals surface area contributed by atoms with Gasteiger partial charge >= 0.3 is 5.97 Å². The first-order valence-electron chi connectivity index (χ1n) is 11.5. The van der Waals surface area contributed by atoms with Crippen molar-refractivity contribution in [2.45, 2.75) is 19.3 Å². The first-order valence-corrected chi connectivity index (χ1v) is 11.5. The third-order valence-corrected chi connectivity index (χ3v) is 6.60. The van der Waals surface area contributed by atoms with Crippen LogP contribution in [-0.2, 0) is 4.79 Å². The van der Waals surface area contributed by atoms with Crippen LogP contribution in [-0.4, -0.2) is 21.3 Å². The summed E-state index contributed by atoms with van der Waals surface area (Å²) in [5.74, 6) is -1.91. The third-order valence-electron chi connectivity index (χ3n) is 6.60. The van der Waals surface area contributed by atoms with Crippen molar-refractivity contribution in [2.75, 3.05) is 0 Å². The average Bonchev–Trinajstić information content (AvgIpc) is 3.33. The van der Waals surface area contributed by atoms with Gasteiger partial charge in [-0.2, -0.15) is 5.10 Å². The number of nitrogens with zero attached hydrogens (tertiary/aromatic N) is 2. The Balaban J connectivity index is 1.81. The smallest absolute Gasteiger partial charge is 0.328 e. The Morgan fingerprint density at radius 1 is 1.08 bits per heavy atom. The molecule has 178 valence electrons. The van der Waals surface area contributed by atoms with E-state index >= 15 is 4.39 Å². The summed E-state index contributed by atoms with van der Waals surface area (Å²) in [6, 6.07) is 14.8. The van der Waals surface area contributed by atoms with Crippen molar-refractivity contribution in [3.8, 4) is 0 Å². The average molecular weight is 482 g/mol. The van der Waals surface area contributed by atoms with Crippen molar-refractivity contribution in [1.29, 1.82) is 0 Å². The summed E-state index contributed by atoms with van der Waals surface area (Å²) < 4.78 is 30.0. The van der Waals surface area contributed by atoms with Crippen LogP contribution in [0.1, 0.15) is 41.5 Å². The van der Waals surface area contributed by atoms with Crippen molar-refractivity contribution in [3.05, 3.63) is 112 Å². The molecule has 2 N–H and O–H groups in total. The van der Waals surface area contributed by atoms with Gasteiger partial charge in [0.15, 0.2) is 5.69 Å². The van der Waals surface area contributed by atoms with Crippen LogP contribution in [0.4, 0.5) is 14.5 Å². The maximum Gasteiger partial charge on any atom is 0.328 e. The van der Waals surface area contributed by atoms with Gasteiger partial charge in [0, 0.05) is 11.6 Å². The maximum atomic E-state index is 15.9. The van der Waals surface area contributed by atoms with Crippen molar-refractivity contribution >= 4 is 39.8 Å². The molecule has 0 amide bonds. The molecule has 1 heterocycles. The zero-order valence-corrected chi connectivity index (χ0v) is 19.1. The minimum absolute atomic E-state index is 0.0805. The summed E-state index contributed by atoms with van der Waals surface area (Å²) in [5.41, 5.74) is 4.53. The van der Waals surface area contributed by atoms with Crippen LogP contribution in [0.25, 0.3) is 33.0 Å². The predicted molar refractivity (Wildman–Crippen MR) is 135 cm³/mol. The summed E-state index contributed by atoms with van der Waals surface area (Å²) in [6.45, 7) is 7.67. The number of aromatic nitrogens is 2. The molecule has 1 aromatic heterocycles. The third kappa shape index (κ3) is 4.29. The van der Waals surface area contributed by atoms with E-state index in [1.807, 2.05) is 12.1 Å². The molecule has 0 radical (unpaired) electrons. The van der Waals surface area contributed by atoms with Gasteiger partial charge in [0.05, 0.1) is 23.7 Å². The highest BCUT2D eigenvalue weighted by Gasteiger charge is 2.30. The summed E-state index contributed by atoms with van der Waals surface area (Å²) in [7, 11) is 0. The number of hydrogen-bond acceptors (Lipinski definition) is 2. The number of H-pyrrole nitrogens is 1. The van der Waals surface area contributed by atoms with Gasteiger partial charge in [0.25, 0.3) is 0 Å². The Labute approximate surface area is 206 Å². The van der Waals surface area contributed by atoms with E-state index in [0.717, 1.165) is 30.9 Å². The second-order valence-corrected chi connectivity index (χ2v) is 8.74. The van der Waals surface area contributed by atoms with Crippen LogP contribution in [0.5, 0.6) is 0 Å². The van der Waals surface area contributed by atoms with Gasteiger partial charge in [-0.05, 0) is 76.9 Å². The lowest BCUT2D eigenvalue weighted by molar-refractivity contribution is -0.131. The Kier molecular flexibility index (Phi) is 6.17. The zero-order valence-electron chi connectivity index (χ0n) is 19.1. The number of carboxylic acid groups (broad SMARTS) is 1. The number of aromatic amines is 1. The maximum absolute atomic E-state index is 15.9. The van der Waals surface area contributed by atoms with E-state index in [1.165, 1.54) is 24.4 Å². The number of allylic oxidation sites excluding steroid dienone is 1. The zero-order chi connectivity index (χ0) is 25.2. The molecule has 5 rings (SSSR count). The van der Waals surface area contributed by atoms with E-state index in [2.05, 4.69) is 15.0 Å². The van der Waals surface area contributed by atoms with Gasteiger partial charge in [0.1, 0.15) is 11.6 Å². The van der Waals surface area contributed by atoms with Crippen LogP contribution >= 0.6 is 0 Å². The molecule has 0 aliphatic heterocycles. The van der Waals surface area contributed by atoms with Gasteiger partial charge in [-0.25, -0.2) is 18.4 Å². The van der Waals surface area contributed by atoms with Gasteiger partial charge < -0.3 is 5.11 Å². The summed E-state index contributed by atoms with van der Waals surface area (Å²) in [6.07, 6.45) is 6.75. The van der Waals surface area contributed by atoms with E-state index in [1.54, 1.807) is 30.3 Å². The molecule has 36 heavy (non-hydrogen) atoms. The fourth-order valence-corrected chi connectivity index (χ4v) is 4.64. The monoisotopic (exact) mass is 481 g/mol. The number of carbonyl (C=O) groups is 1. The minimum atomic E-state index is -1.05. The molecule has 0 unspecified atom stereocenters. The second kappa shape index (κ2) is 9.59. The van der Waals surface area contributed by atoms with Crippen LogP contribution in [0, 0.1) is 24.1 Å². The molecular weight excluding hydrogens is 460 g/mol. The molecule has 7 heteroatoms. The summed E-state index contributed by atoms with van der Waals surface area (Å²) in [4.78, 5) is 14.5. The number of hydrogen-bond donors (Lipinski definition) is 2. The molecule has 0 spiro atoms. The molecular formula is C29H21F2N3O2. The number of aliphatic carboxylic acids is 1. The van der Waals surface area contributed by atoms with E-state index in [4.69, 9.17) is 11.7 Å². The molecule has 3 aromatic carbocycles. The lowest BCUT2D eigenvalue weighted by atomic mass is 9.72. The van der Waals surface area contributed by atoms with Crippen molar-refractivity contribution < 1.29 is 18.7 Å². The molecule has 1 aliphatic carbocycles. The molecule has 0 atom stereocenters. The second-order valence-electron chi connectivity index (χ2n) is 8.74. The Hall–Kier alpha value is -4.57. The molecule has 1 aliphatic rings. The van der Waals surface area contributed by atoms with Gasteiger partial charge in [-0.1, -0.05) is 36.8 Å². The molecule has 1 saturated carbocycles. The lowest BCUT2D eigenvalue weighted by Crippen LogP contribution is -2.15. The van der Waals surface area contributed by atoms with E-state index < -0.39 is 17.6 Å². The Morgan fingerprint density at radius 2 is 1.83 bits per heavy atom. The summed E-state index contributed by atoms with van der Waals surface area (Å²) >= 11 is 0. The topological polar surface area (TPSA) is 70.3 Å². The number of benzene rings is 3. The van der Waals surface area contributed by atoms with E-state index in [-0.39, 0.29) is 11.6 Å². The van der Waals surface area contributed by atoms with Crippen LogP contribution in [0.3, 0.4) is 0 Å². The van der Waals surface area contributed by atoms with Gasteiger partial charge in [-0.15, -0.1) is 0 Å². The SMILES string of the molecule is [C-]#[N+]c1cc(F)ccc1/C(=C(\c1ccc(/C=C/C(=O)O)cc1)c1ccc2[nH]ncc2c1F)C1CCC1. The van der Waals surface area contributed by atoms with E-state index in [9.17, 15) is 9.18 Å². The predicted octanol–water partition coefficient (Wildman–Crippen LogP) is 7.25. The van der Waals surface area contributed by atoms with Crippen molar-refractivity contribution in [2.24, 2.45) is 5.92 Å². The van der Waals surface area contributed by atoms with Crippen LogP contribution in [0.2, 0.25) is 0 Å². The lowest BCUT2D eigenvalue weighted by Gasteiger charge is -2.32. The molecule has 0 bridgehead atoms. The number of rotatable bonds is 6. The summed E-state index contributed by atoms with van der Waals surface area (Å²) in [5, 5.41) is 16.0. The first kappa shape index (κ1) is 23.2. The Morgan fingerprint density at radius 3 is 2.50 bits per heavy atom. The van der Waals surface area contributed by atoms with E-state index in [0.29, 0.717) is 38.7 Å². The fraction of sp³-hybridized carbons (Fsp3) is 0.138.